The Morgan fingerprint density at radius 2 is 1.54 bits per heavy atom. The standard InChI is InChI=1S/C29H35NO3SSi/c1-29(2,3)35(25-13-6-4-7-14-25,26-15-8-5-9-16-26)33-21-23-12-10-11-17-27(23)28(32)30-18-19-34-22-24(30)20-31/h4-17,24,31H,18-22H2,1-3H3. The summed E-state index contributed by atoms with van der Waals surface area (Å²) in [5.41, 5.74) is 1.55. The molecule has 0 saturated carbocycles. The van der Waals surface area contributed by atoms with E-state index in [1.165, 1.54) is 10.4 Å². The zero-order chi connectivity index (χ0) is 24.9. The Morgan fingerprint density at radius 1 is 0.971 bits per heavy atom. The molecule has 0 radical (unpaired) electrons. The van der Waals surface area contributed by atoms with Gasteiger partial charge in [-0.2, -0.15) is 11.8 Å². The fraction of sp³-hybridized carbons (Fsp3) is 0.345. The maximum absolute atomic E-state index is 13.6. The van der Waals surface area contributed by atoms with Crippen LogP contribution in [-0.2, 0) is 11.0 Å². The van der Waals surface area contributed by atoms with Gasteiger partial charge in [-0.1, -0.05) is 99.6 Å². The van der Waals surface area contributed by atoms with Crippen LogP contribution < -0.4 is 10.4 Å². The number of carbonyl (C=O) groups is 1. The van der Waals surface area contributed by atoms with Gasteiger partial charge in [0.05, 0.1) is 19.3 Å². The molecule has 1 amide bonds. The Hall–Kier alpha value is -2.38. The molecule has 1 atom stereocenters. The summed E-state index contributed by atoms with van der Waals surface area (Å²) in [7, 11) is -2.72. The maximum atomic E-state index is 13.6. The minimum absolute atomic E-state index is 0.0144. The molecule has 0 spiro atoms. The summed E-state index contributed by atoms with van der Waals surface area (Å²) in [5, 5.41) is 12.2. The molecule has 1 saturated heterocycles. The summed E-state index contributed by atoms with van der Waals surface area (Å²) in [6.07, 6.45) is 0. The van der Waals surface area contributed by atoms with E-state index in [0.29, 0.717) is 18.7 Å². The average molecular weight is 506 g/mol. The van der Waals surface area contributed by atoms with Gasteiger partial charge in [0.2, 0.25) is 0 Å². The van der Waals surface area contributed by atoms with Crippen molar-refractivity contribution in [2.24, 2.45) is 0 Å². The van der Waals surface area contributed by atoms with Crippen LogP contribution in [0.3, 0.4) is 0 Å². The molecule has 0 aromatic heterocycles. The Kier molecular flexibility index (Phi) is 8.17. The van der Waals surface area contributed by atoms with Gasteiger partial charge in [0.25, 0.3) is 14.2 Å². The van der Waals surface area contributed by atoms with Gasteiger partial charge in [-0.05, 0) is 27.0 Å². The first-order chi connectivity index (χ1) is 16.9. The molecule has 1 aliphatic rings. The molecular weight excluding hydrogens is 470 g/mol. The van der Waals surface area contributed by atoms with Crippen LogP contribution in [0.5, 0.6) is 0 Å². The second-order valence-corrected chi connectivity index (χ2v) is 15.5. The summed E-state index contributed by atoms with van der Waals surface area (Å²) in [6.45, 7) is 7.76. The van der Waals surface area contributed by atoms with Gasteiger partial charge in [-0.15, -0.1) is 0 Å². The molecule has 4 rings (SSSR count). The summed E-state index contributed by atoms with van der Waals surface area (Å²) in [6, 6.07) is 28.7. The topological polar surface area (TPSA) is 49.8 Å². The van der Waals surface area contributed by atoms with Crippen LogP contribution in [0.15, 0.2) is 84.9 Å². The molecule has 4 nitrogen and oxygen atoms in total. The highest BCUT2D eigenvalue weighted by atomic mass is 32.2. The lowest BCUT2D eigenvalue weighted by atomic mass is 10.1. The third-order valence-electron chi connectivity index (χ3n) is 6.81. The Labute approximate surface area is 214 Å². The van der Waals surface area contributed by atoms with Crippen molar-refractivity contribution in [3.63, 3.8) is 0 Å². The van der Waals surface area contributed by atoms with Gasteiger partial charge in [-0.25, -0.2) is 0 Å². The van der Waals surface area contributed by atoms with Crippen molar-refractivity contribution in [1.82, 2.24) is 4.90 Å². The minimum Gasteiger partial charge on any atom is -0.403 e. The number of benzene rings is 3. The zero-order valence-electron chi connectivity index (χ0n) is 20.8. The van der Waals surface area contributed by atoms with Crippen LogP contribution in [0, 0.1) is 0 Å². The van der Waals surface area contributed by atoms with Crippen LogP contribution in [0.2, 0.25) is 5.04 Å². The fourth-order valence-electron chi connectivity index (χ4n) is 5.03. The molecule has 3 aromatic carbocycles. The molecule has 1 aliphatic heterocycles. The number of hydrogen-bond acceptors (Lipinski definition) is 4. The lowest BCUT2D eigenvalue weighted by Gasteiger charge is -2.43. The van der Waals surface area contributed by atoms with E-state index in [1.54, 1.807) is 11.8 Å². The second kappa shape index (κ2) is 11.1. The highest BCUT2D eigenvalue weighted by molar-refractivity contribution is 7.99. The van der Waals surface area contributed by atoms with Crippen molar-refractivity contribution < 1.29 is 14.3 Å². The first-order valence-electron chi connectivity index (χ1n) is 12.2. The molecule has 0 aliphatic carbocycles. The Morgan fingerprint density at radius 3 is 2.11 bits per heavy atom. The molecule has 1 unspecified atom stereocenters. The minimum atomic E-state index is -2.72. The van der Waals surface area contributed by atoms with Gasteiger partial charge in [0.1, 0.15) is 0 Å². The van der Waals surface area contributed by atoms with E-state index < -0.39 is 8.32 Å². The third kappa shape index (κ3) is 5.26. The van der Waals surface area contributed by atoms with Crippen molar-refractivity contribution in [3.05, 3.63) is 96.1 Å². The molecule has 6 heteroatoms. The summed E-state index contributed by atoms with van der Waals surface area (Å²) < 4.78 is 7.10. The lowest BCUT2D eigenvalue weighted by molar-refractivity contribution is 0.0629. The van der Waals surface area contributed by atoms with Crippen LogP contribution in [-0.4, -0.2) is 54.9 Å². The normalized spacial score (nSPS) is 16.8. The van der Waals surface area contributed by atoms with Crippen LogP contribution >= 0.6 is 11.8 Å². The number of thioether (sulfide) groups is 1. The maximum Gasteiger partial charge on any atom is 0.261 e. The molecule has 1 N–H and O–H groups in total. The molecular formula is C29H35NO3SSi. The fourth-order valence-corrected chi connectivity index (χ4v) is 10.6. The molecule has 1 fully saturated rings. The third-order valence-corrected chi connectivity index (χ3v) is 12.9. The highest BCUT2D eigenvalue weighted by Gasteiger charge is 2.50. The van der Waals surface area contributed by atoms with E-state index in [4.69, 9.17) is 4.43 Å². The summed E-state index contributed by atoms with van der Waals surface area (Å²) in [4.78, 5) is 15.4. The molecule has 184 valence electrons. The van der Waals surface area contributed by atoms with Crippen molar-refractivity contribution in [3.8, 4) is 0 Å². The first-order valence-corrected chi connectivity index (χ1v) is 15.3. The summed E-state index contributed by atoms with van der Waals surface area (Å²) in [5.74, 6) is 1.64. The zero-order valence-corrected chi connectivity index (χ0v) is 22.6. The van der Waals surface area contributed by atoms with Gasteiger partial charge in [-0.3, -0.25) is 4.79 Å². The molecule has 1 heterocycles. The monoisotopic (exact) mass is 505 g/mol. The van der Waals surface area contributed by atoms with Crippen LogP contribution in [0.4, 0.5) is 0 Å². The van der Waals surface area contributed by atoms with Crippen molar-refractivity contribution in [1.29, 1.82) is 0 Å². The SMILES string of the molecule is CC(C)(C)[Si](OCc1ccccc1C(=O)N1CCSCC1CO)(c1ccccc1)c1ccccc1. The van der Waals surface area contributed by atoms with E-state index in [9.17, 15) is 9.90 Å². The quantitative estimate of drug-likeness (QED) is 0.486. The van der Waals surface area contributed by atoms with Gasteiger partial charge >= 0.3 is 0 Å². The van der Waals surface area contributed by atoms with E-state index in [1.807, 2.05) is 41.3 Å². The largest absolute Gasteiger partial charge is 0.403 e. The highest BCUT2D eigenvalue weighted by Crippen LogP contribution is 2.37. The number of rotatable bonds is 7. The number of hydrogen-bond donors (Lipinski definition) is 1. The van der Waals surface area contributed by atoms with Crippen LogP contribution in [0.1, 0.15) is 36.7 Å². The lowest BCUT2D eigenvalue weighted by Crippen LogP contribution is -2.66. The number of carbonyl (C=O) groups excluding carboxylic acids is 1. The van der Waals surface area contributed by atoms with Crippen molar-refractivity contribution >= 4 is 36.4 Å². The molecule has 35 heavy (non-hydrogen) atoms. The second-order valence-electron chi connectivity index (χ2n) is 10.0. The van der Waals surface area contributed by atoms with Crippen LogP contribution in [0.25, 0.3) is 0 Å². The van der Waals surface area contributed by atoms with Gasteiger partial charge in [0.15, 0.2) is 0 Å². The first kappa shape index (κ1) is 25.7. The van der Waals surface area contributed by atoms with Gasteiger partial charge in [0, 0.05) is 23.6 Å². The number of amides is 1. The van der Waals surface area contributed by atoms with Crippen molar-refractivity contribution in [2.45, 2.75) is 38.5 Å². The predicted molar refractivity (Wildman–Crippen MR) is 148 cm³/mol. The number of nitrogens with zero attached hydrogens (tertiary/aromatic N) is 1. The van der Waals surface area contributed by atoms with Crippen molar-refractivity contribution in [2.75, 3.05) is 24.7 Å². The molecule has 0 bridgehead atoms. The Bertz CT molecular complexity index is 1080. The smallest absolute Gasteiger partial charge is 0.261 e. The summed E-state index contributed by atoms with van der Waals surface area (Å²) >= 11 is 1.79. The number of aliphatic hydroxyl groups is 1. The van der Waals surface area contributed by atoms with E-state index in [-0.39, 0.29) is 23.6 Å². The van der Waals surface area contributed by atoms with E-state index in [0.717, 1.165) is 17.1 Å². The Balaban J connectivity index is 1.73. The average Bonchev–Trinajstić information content (AvgIpc) is 2.89. The molecule has 3 aromatic rings. The van der Waals surface area contributed by atoms with E-state index in [2.05, 4.69) is 69.3 Å². The van der Waals surface area contributed by atoms with E-state index >= 15 is 0 Å². The number of aliphatic hydroxyl groups excluding tert-OH is 1. The van der Waals surface area contributed by atoms with Gasteiger partial charge < -0.3 is 14.4 Å². The predicted octanol–water partition coefficient (Wildman–Crippen LogP) is 4.31.